The van der Waals surface area contributed by atoms with Crippen LogP contribution in [0.4, 0.5) is 0 Å². The highest BCUT2D eigenvalue weighted by molar-refractivity contribution is 6.74. The van der Waals surface area contributed by atoms with E-state index < -0.39 is 32.0 Å². The fraction of sp³-hybridized carbons (Fsp3) is 0.652. The Morgan fingerprint density at radius 3 is 2.17 bits per heavy atom. The number of rotatable bonds is 7. The van der Waals surface area contributed by atoms with Crippen molar-refractivity contribution in [3.63, 3.8) is 0 Å². The number of benzene rings is 1. The van der Waals surface area contributed by atoms with Crippen LogP contribution >= 0.6 is 0 Å². The van der Waals surface area contributed by atoms with Crippen LogP contribution in [-0.2, 0) is 18.7 Å². The molecule has 0 amide bonds. The molecule has 168 valence electrons. The van der Waals surface area contributed by atoms with Crippen LogP contribution in [0.2, 0.25) is 18.1 Å². The number of hydrogen-bond donors (Lipinski definition) is 0. The molecule has 0 saturated heterocycles. The lowest BCUT2D eigenvalue weighted by atomic mass is 9.82. The first-order valence-electron chi connectivity index (χ1n) is 10.5. The summed E-state index contributed by atoms with van der Waals surface area (Å²) in [5, 5.41) is -0.0112. The van der Waals surface area contributed by atoms with Gasteiger partial charge >= 0.3 is 5.97 Å². The van der Waals surface area contributed by atoms with Crippen LogP contribution < -0.4 is 4.74 Å². The molecule has 0 N–H and O–H groups in total. The molecule has 1 aromatic rings. The van der Waals surface area contributed by atoms with Gasteiger partial charge in [-0.1, -0.05) is 34.6 Å². The molecule has 0 aliphatic carbocycles. The third kappa shape index (κ3) is 4.42. The van der Waals surface area contributed by atoms with Crippen LogP contribution in [0.15, 0.2) is 29.3 Å². The number of carbonyl (C=O) groups excluding carboxylic acids is 1. The van der Waals surface area contributed by atoms with Crippen molar-refractivity contribution in [2.24, 2.45) is 10.9 Å². The smallest absolute Gasteiger partial charge is 0.340 e. The standard InChI is InChI=1S/C23H37NO5Si/c1-15(2)19(29-30(9,10)22(4,5)6)23(21(25)27-8)16(3)28-20(24-23)17-11-13-18(26-7)14-12-17/h11-16,19H,1-10H3/t16-,19+,23+/m1/s1. The van der Waals surface area contributed by atoms with Crippen LogP contribution in [0.25, 0.3) is 0 Å². The van der Waals surface area contributed by atoms with E-state index in [4.69, 9.17) is 23.6 Å². The number of aliphatic imine (C=N–C) groups is 1. The Hall–Kier alpha value is -1.86. The number of nitrogens with zero attached hydrogens (tertiary/aromatic N) is 1. The van der Waals surface area contributed by atoms with Gasteiger partial charge in [-0.15, -0.1) is 0 Å². The van der Waals surface area contributed by atoms with Gasteiger partial charge < -0.3 is 18.6 Å². The highest BCUT2D eigenvalue weighted by atomic mass is 28.4. The quantitative estimate of drug-likeness (QED) is 0.454. The maximum absolute atomic E-state index is 13.2. The summed E-state index contributed by atoms with van der Waals surface area (Å²) >= 11 is 0. The van der Waals surface area contributed by atoms with Gasteiger partial charge in [0.05, 0.1) is 20.3 Å². The highest BCUT2D eigenvalue weighted by Crippen LogP contribution is 2.43. The minimum atomic E-state index is -2.20. The molecule has 6 nitrogen and oxygen atoms in total. The van der Waals surface area contributed by atoms with Gasteiger partial charge in [-0.3, -0.25) is 0 Å². The van der Waals surface area contributed by atoms with Crippen molar-refractivity contribution in [1.82, 2.24) is 0 Å². The van der Waals surface area contributed by atoms with Gasteiger partial charge in [-0.2, -0.15) is 0 Å². The first-order valence-corrected chi connectivity index (χ1v) is 13.4. The summed E-state index contributed by atoms with van der Waals surface area (Å²) in [6, 6.07) is 7.43. The number of esters is 1. The number of ether oxygens (including phenoxy) is 3. The van der Waals surface area contributed by atoms with E-state index in [2.05, 4.69) is 47.7 Å². The normalized spacial score (nSPS) is 23.0. The minimum Gasteiger partial charge on any atom is -0.497 e. The molecular weight excluding hydrogens is 398 g/mol. The van der Waals surface area contributed by atoms with Crippen molar-refractivity contribution in [3.8, 4) is 5.75 Å². The number of methoxy groups -OCH3 is 2. The highest BCUT2D eigenvalue weighted by Gasteiger charge is 2.60. The Labute approximate surface area is 182 Å². The van der Waals surface area contributed by atoms with Gasteiger partial charge in [-0.25, -0.2) is 9.79 Å². The molecule has 0 saturated carbocycles. The van der Waals surface area contributed by atoms with Crippen LogP contribution in [0.3, 0.4) is 0 Å². The van der Waals surface area contributed by atoms with E-state index in [1.165, 1.54) is 7.11 Å². The summed E-state index contributed by atoms with van der Waals surface area (Å²) in [5.74, 6) is 0.755. The largest absolute Gasteiger partial charge is 0.497 e. The van der Waals surface area contributed by atoms with Gasteiger partial charge in [0, 0.05) is 5.56 Å². The average Bonchev–Trinajstić information content (AvgIpc) is 3.02. The van der Waals surface area contributed by atoms with Gasteiger partial charge in [0.25, 0.3) is 0 Å². The van der Waals surface area contributed by atoms with Gasteiger partial charge in [-0.05, 0) is 55.2 Å². The molecule has 0 bridgehead atoms. The van der Waals surface area contributed by atoms with E-state index in [0.29, 0.717) is 5.90 Å². The summed E-state index contributed by atoms with van der Waals surface area (Å²) in [5.41, 5.74) is -0.489. The molecule has 1 aliphatic heterocycles. The van der Waals surface area contributed by atoms with Crippen LogP contribution in [0.5, 0.6) is 5.75 Å². The molecule has 2 rings (SSSR count). The monoisotopic (exact) mass is 435 g/mol. The van der Waals surface area contributed by atoms with Crippen molar-refractivity contribution in [3.05, 3.63) is 29.8 Å². The van der Waals surface area contributed by atoms with E-state index in [1.54, 1.807) is 7.11 Å². The lowest BCUT2D eigenvalue weighted by Gasteiger charge is -2.45. The van der Waals surface area contributed by atoms with E-state index in [-0.39, 0.29) is 11.0 Å². The second-order valence-corrected chi connectivity index (χ2v) is 14.5. The zero-order chi connectivity index (χ0) is 22.9. The summed E-state index contributed by atoms with van der Waals surface area (Å²) < 4.78 is 23.4. The first-order chi connectivity index (χ1) is 13.8. The molecule has 0 unspecified atom stereocenters. The predicted octanol–water partition coefficient (Wildman–Crippen LogP) is 4.82. The molecule has 1 aliphatic rings. The molecule has 0 radical (unpaired) electrons. The lowest BCUT2D eigenvalue weighted by Crippen LogP contribution is -2.61. The maximum atomic E-state index is 13.2. The fourth-order valence-electron chi connectivity index (χ4n) is 3.42. The Balaban J connectivity index is 2.58. The molecule has 0 fully saturated rings. The zero-order valence-corrected chi connectivity index (χ0v) is 21.0. The summed E-state index contributed by atoms with van der Waals surface area (Å²) in [4.78, 5) is 18.1. The summed E-state index contributed by atoms with van der Waals surface area (Å²) in [7, 11) is 0.813. The number of hydrogen-bond acceptors (Lipinski definition) is 6. The van der Waals surface area contributed by atoms with Crippen LogP contribution in [0.1, 0.15) is 47.1 Å². The third-order valence-corrected chi connectivity index (χ3v) is 10.8. The molecule has 1 heterocycles. The molecule has 30 heavy (non-hydrogen) atoms. The molecule has 3 atom stereocenters. The molecule has 0 spiro atoms. The van der Waals surface area contributed by atoms with Crippen LogP contribution in [0, 0.1) is 5.92 Å². The van der Waals surface area contributed by atoms with Crippen molar-refractivity contribution in [1.29, 1.82) is 0 Å². The van der Waals surface area contributed by atoms with Crippen molar-refractivity contribution in [2.45, 2.75) is 77.4 Å². The van der Waals surface area contributed by atoms with Gasteiger partial charge in [0.1, 0.15) is 11.9 Å². The third-order valence-electron chi connectivity index (χ3n) is 6.31. The second-order valence-electron chi connectivity index (χ2n) is 9.77. The van der Waals surface area contributed by atoms with Crippen LogP contribution in [-0.4, -0.2) is 52.2 Å². The molecule has 0 aromatic heterocycles. The number of carbonyl (C=O) groups is 1. The van der Waals surface area contributed by atoms with Crippen molar-refractivity contribution in [2.75, 3.05) is 14.2 Å². The van der Waals surface area contributed by atoms with Crippen molar-refractivity contribution >= 4 is 20.2 Å². The van der Waals surface area contributed by atoms with E-state index in [1.807, 2.05) is 31.2 Å². The Morgan fingerprint density at radius 1 is 1.17 bits per heavy atom. The minimum absolute atomic E-state index is 0.0112. The maximum Gasteiger partial charge on any atom is 0.340 e. The first kappa shape index (κ1) is 24.4. The Bertz CT molecular complexity index is 782. The van der Waals surface area contributed by atoms with Gasteiger partial charge in [0.15, 0.2) is 8.32 Å². The molecular formula is C23H37NO5Si. The average molecular weight is 436 g/mol. The van der Waals surface area contributed by atoms with Gasteiger partial charge in [0.2, 0.25) is 11.4 Å². The Kier molecular flexibility index (Phi) is 7.09. The van der Waals surface area contributed by atoms with E-state index >= 15 is 0 Å². The fourth-order valence-corrected chi connectivity index (χ4v) is 4.86. The summed E-state index contributed by atoms with van der Waals surface area (Å²) in [6.07, 6.45) is -1.00. The molecule has 1 aromatic carbocycles. The SMILES string of the molecule is COC(=O)[C@]1([C@@H](O[Si](C)(C)C(C)(C)C)C(C)C)N=C(c2ccc(OC)cc2)O[C@@H]1C. The predicted molar refractivity (Wildman–Crippen MR) is 122 cm³/mol. The Morgan fingerprint density at radius 2 is 1.73 bits per heavy atom. The second kappa shape index (κ2) is 8.71. The lowest BCUT2D eigenvalue weighted by molar-refractivity contribution is -0.156. The summed E-state index contributed by atoms with van der Waals surface area (Å²) in [6.45, 7) is 16.9. The molecule has 7 heteroatoms. The van der Waals surface area contributed by atoms with E-state index in [9.17, 15) is 4.79 Å². The van der Waals surface area contributed by atoms with E-state index in [0.717, 1.165) is 11.3 Å². The van der Waals surface area contributed by atoms with Crippen molar-refractivity contribution < 1.29 is 23.4 Å². The topological polar surface area (TPSA) is 66.4 Å². The zero-order valence-electron chi connectivity index (χ0n) is 20.0.